The molecular formula is C13H17NO4. The molecule has 0 aliphatic carbocycles. The fourth-order valence-corrected chi connectivity index (χ4v) is 1.67. The number of ether oxygens (including phenoxy) is 1. The van der Waals surface area contributed by atoms with Gasteiger partial charge in [0.05, 0.1) is 0 Å². The van der Waals surface area contributed by atoms with Gasteiger partial charge in [0.25, 0.3) is 5.91 Å². The molecule has 0 saturated heterocycles. The molecule has 2 N–H and O–H groups in total. The van der Waals surface area contributed by atoms with Crippen LogP contribution in [-0.2, 0) is 4.74 Å². The molecule has 0 spiro atoms. The van der Waals surface area contributed by atoms with Gasteiger partial charge < -0.3 is 15.2 Å². The maximum atomic E-state index is 11.8. The number of carboxylic acid groups (broad SMARTS) is 1. The Balaban J connectivity index is 2.43. The van der Waals surface area contributed by atoms with Gasteiger partial charge in [-0.25, -0.2) is 4.79 Å². The number of carbonyl (C=O) groups excluding carboxylic acids is 1. The third kappa shape index (κ3) is 4.86. The summed E-state index contributed by atoms with van der Waals surface area (Å²) in [4.78, 5) is 22.1. The highest BCUT2D eigenvalue weighted by Gasteiger charge is 2.14. The van der Waals surface area contributed by atoms with Gasteiger partial charge in [-0.15, -0.1) is 0 Å². The first-order chi connectivity index (χ1) is 8.49. The molecular weight excluding hydrogens is 234 g/mol. The molecule has 0 fully saturated rings. The molecule has 5 heteroatoms. The lowest BCUT2D eigenvalue weighted by Crippen LogP contribution is -2.35. The van der Waals surface area contributed by atoms with Crippen molar-refractivity contribution in [1.82, 2.24) is 5.32 Å². The van der Waals surface area contributed by atoms with Crippen LogP contribution in [0.3, 0.4) is 0 Å². The van der Waals surface area contributed by atoms with Crippen molar-refractivity contribution in [3.63, 3.8) is 0 Å². The molecule has 1 amide bonds. The lowest BCUT2D eigenvalue weighted by atomic mass is 10.1. The second-order valence-electron chi connectivity index (χ2n) is 4.17. The van der Waals surface area contributed by atoms with E-state index in [9.17, 15) is 9.59 Å². The topological polar surface area (TPSA) is 75.6 Å². The summed E-state index contributed by atoms with van der Waals surface area (Å²) >= 11 is 0. The average molecular weight is 251 g/mol. The zero-order valence-electron chi connectivity index (χ0n) is 10.4. The molecule has 0 aliphatic heterocycles. The van der Waals surface area contributed by atoms with E-state index in [2.05, 4.69) is 10.1 Å². The van der Waals surface area contributed by atoms with Crippen LogP contribution in [0.5, 0.6) is 0 Å². The van der Waals surface area contributed by atoms with Crippen LogP contribution in [0.1, 0.15) is 30.6 Å². The minimum absolute atomic E-state index is 0.160. The standard InChI is InChI=1S/C13H17NO4/c1-9(8-10(2)18-13(16)17)14-12(15)11-6-4-3-5-7-11/h3-7,9-10H,8H2,1-2H3,(H,14,15)(H,16,17). The SMILES string of the molecule is CC(CC(C)OC(=O)O)NC(=O)c1ccccc1. The summed E-state index contributed by atoms with van der Waals surface area (Å²) in [5.74, 6) is -0.175. The summed E-state index contributed by atoms with van der Waals surface area (Å²) in [6, 6.07) is 8.69. The van der Waals surface area contributed by atoms with E-state index < -0.39 is 12.3 Å². The lowest BCUT2D eigenvalue weighted by molar-refractivity contribution is 0.0521. The highest BCUT2D eigenvalue weighted by Crippen LogP contribution is 2.04. The van der Waals surface area contributed by atoms with E-state index in [0.29, 0.717) is 12.0 Å². The molecule has 98 valence electrons. The summed E-state index contributed by atoms with van der Waals surface area (Å²) in [6.07, 6.45) is -1.32. The van der Waals surface area contributed by atoms with Gasteiger partial charge in [-0.05, 0) is 26.0 Å². The molecule has 5 nitrogen and oxygen atoms in total. The van der Waals surface area contributed by atoms with Crippen molar-refractivity contribution in [2.24, 2.45) is 0 Å². The molecule has 1 rings (SSSR count). The lowest BCUT2D eigenvalue weighted by Gasteiger charge is -2.17. The predicted octanol–water partition coefficient (Wildman–Crippen LogP) is 2.28. The van der Waals surface area contributed by atoms with E-state index in [-0.39, 0.29) is 11.9 Å². The molecule has 1 aromatic carbocycles. The van der Waals surface area contributed by atoms with Crippen LogP contribution >= 0.6 is 0 Å². The Labute approximate surface area is 106 Å². The quantitative estimate of drug-likeness (QED) is 0.787. The zero-order valence-corrected chi connectivity index (χ0v) is 10.4. The Morgan fingerprint density at radius 1 is 1.28 bits per heavy atom. The highest BCUT2D eigenvalue weighted by molar-refractivity contribution is 5.94. The zero-order chi connectivity index (χ0) is 13.5. The molecule has 0 aromatic heterocycles. The number of nitrogens with one attached hydrogen (secondary N) is 1. The van der Waals surface area contributed by atoms with Crippen LogP contribution in [0.4, 0.5) is 4.79 Å². The van der Waals surface area contributed by atoms with Crippen molar-refractivity contribution in [2.75, 3.05) is 0 Å². The molecule has 1 aromatic rings. The van der Waals surface area contributed by atoms with Gasteiger partial charge in [-0.1, -0.05) is 18.2 Å². The summed E-state index contributed by atoms with van der Waals surface area (Å²) in [7, 11) is 0. The van der Waals surface area contributed by atoms with E-state index in [1.165, 1.54) is 0 Å². The van der Waals surface area contributed by atoms with E-state index >= 15 is 0 Å². The first-order valence-electron chi connectivity index (χ1n) is 5.74. The molecule has 2 atom stereocenters. The van der Waals surface area contributed by atoms with Crippen LogP contribution in [-0.4, -0.2) is 29.3 Å². The third-order valence-corrected chi connectivity index (χ3v) is 2.40. The smallest absolute Gasteiger partial charge is 0.450 e. The van der Waals surface area contributed by atoms with E-state index in [4.69, 9.17) is 5.11 Å². The van der Waals surface area contributed by atoms with Gasteiger partial charge in [0.1, 0.15) is 6.10 Å². The van der Waals surface area contributed by atoms with E-state index in [1.807, 2.05) is 13.0 Å². The minimum Gasteiger partial charge on any atom is -0.450 e. The summed E-state index contributed by atoms with van der Waals surface area (Å²) in [5, 5.41) is 11.2. The first kappa shape index (κ1) is 14.0. The van der Waals surface area contributed by atoms with Gasteiger partial charge in [0.2, 0.25) is 0 Å². The second kappa shape index (κ2) is 6.64. The fraction of sp³-hybridized carbons (Fsp3) is 0.385. The maximum Gasteiger partial charge on any atom is 0.506 e. The first-order valence-corrected chi connectivity index (χ1v) is 5.74. The Bertz CT molecular complexity index is 405. The molecule has 0 heterocycles. The molecule has 0 radical (unpaired) electrons. The summed E-state index contributed by atoms with van der Waals surface area (Å²) in [5.41, 5.74) is 0.580. The van der Waals surface area contributed by atoms with Crippen molar-refractivity contribution < 1.29 is 19.4 Å². The monoisotopic (exact) mass is 251 g/mol. The average Bonchev–Trinajstić information content (AvgIpc) is 2.28. The van der Waals surface area contributed by atoms with Crippen molar-refractivity contribution >= 4 is 12.1 Å². The third-order valence-electron chi connectivity index (χ3n) is 2.40. The van der Waals surface area contributed by atoms with Crippen LogP contribution in [0, 0.1) is 0 Å². The Morgan fingerprint density at radius 2 is 1.89 bits per heavy atom. The van der Waals surface area contributed by atoms with E-state index in [0.717, 1.165) is 0 Å². The van der Waals surface area contributed by atoms with Crippen molar-refractivity contribution in [3.8, 4) is 0 Å². The molecule has 0 saturated carbocycles. The van der Waals surface area contributed by atoms with Crippen LogP contribution in [0.25, 0.3) is 0 Å². The highest BCUT2D eigenvalue weighted by atomic mass is 16.7. The van der Waals surface area contributed by atoms with Gasteiger partial charge >= 0.3 is 6.16 Å². The predicted molar refractivity (Wildman–Crippen MR) is 66.6 cm³/mol. The largest absolute Gasteiger partial charge is 0.506 e. The Hall–Kier alpha value is -2.04. The number of rotatable bonds is 5. The molecule has 0 bridgehead atoms. The fourth-order valence-electron chi connectivity index (χ4n) is 1.67. The van der Waals surface area contributed by atoms with Crippen molar-refractivity contribution in [1.29, 1.82) is 0 Å². The number of carbonyl (C=O) groups is 2. The van der Waals surface area contributed by atoms with Crippen LogP contribution in [0.2, 0.25) is 0 Å². The number of benzene rings is 1. The number of hydrogen-bond acceptors (Lipinski definition) is 3. The van der Waals surface area contributed by atoms with Gasteiger partial charge in [0, 0.05) is 18.0 Å². The Morgan fingerprint density at radius 3 is 2.44 bits per heavy atom. The van der Waals surface area contributed by atoms with E-state index in [1.54, 1.807) is 31.2 Å². The van der Waals surface area contributed by atoms with Crippen LogP contribution < -0.4 is 5.32 Å². The molecule has 2 unspecified atom stereocenters. The summed E-state index contributed by atoms with van der Waals surface area (Å²) < 4.78 is 4.57. The van der Waals surface area contributed by atoms with Gasteiger partial charge in [-0.2, -0.15) is 0 Å². The second-order valence-corrected chi connectivity index (χ2v) is 4.17. The Kier molecular flexibility index (Phi) is 5.17. The van der Waals surface area contributed by atoms with Crippen molar-refractivity contribution in [2.45, 2.75) is 32.4 Å². The minimum atomic E-state index is -1.30. The summed E-state index contributed by atoms with van der Waals surface area (Å²) in [6.45, 7) is 3.46. The number of amides is 1. The van der Waals surface area contributed by atoms with Gasteiger partial charge in [-0.3, -0.25) is 4.79 Å². The number of hydrogen-bond donors (Lipinski definition) is 2. The van der Waals surface area contributed by atoms with Gasteiger partial charge in [0.15, 0.2) is 0 Å². The van der Waals surface area contributed by atoms with Crippen molar-refractivity contribution in [3.05, 3.63) is 35.9 Å². The maximum absolute atomic E-state index is 11.8. The normalized spacial score (nSPS) is 13.4. The molecule has 18 heavy (non-hydrogen) atoms. The van der Waals surface area contributed by atoms with Crippen LogP contribution in [0.15, 0.2) is 30.3 Å². The molecule has 0 aliphatic rings.